The lowest BCUT2D eigenvalue weighted by Crippen LogP contribution is -2.28. The van der Waals surface area contributed by atoms with Gasteiger partial charge in [0.25, 0.3) is 0 Å². The molecule has 142 valence electrons. The van der Waals surface area contributed by atoms with Crippen LogP contribution in [0.4, 0.5) is 0 Å². The molecule has 1 aromatic heterocycles. The van der Waals surface area contributed by atoms with E-state index < -0.39 is 11.8 Å². The Hall–Kier alpha value is -2.91. The van der Waals surface area contributed by atoms with Crippen molar-refractivity contribution in [3.05, 3.63) is 70.8 Å². The minimum absolute atomic E-state index is 0.0297. The highest BCUT2D eigenvalue weighted by atomic mass is 32.2. The second kappa shape index (κ2) is 8.41. The number of Topliss-reactive ketones (excluding diaryl/α,β-unsaturated/α-hetero) is 2. The summed E-state index contributed by atoms with van der Waals surface area (Å²) in [5.41, 5.74) is 2.76. The quantitative estimate of drug-likeness (QED) is 0.689. The van der Waals surface area contributed by atoms with Gasteiger partial charge in [0, 0.05) is 16.8 Å². The summed E-state index contributed by atoms with van der Waals surface area (Å²) in [5, 5.41) is 10.4. The van der Waals surface area contributed by atoms with Crippen molar-refractivity contribution in [1.29, 1.82) is 5.26 Å². The number of allylic oxidation sites excluding steroid dienone is 2. The predicted molar refractivity (Wildman–Crippen MR) is 109 cm³/mol. The SMILES string of the molecule is CC(=O)C1=C(C)N=C(SCC(=O)c2ccc(C)cc2)C(C#N)[C@@H]1c1ccco1. The van der Waals surface area contributed by atoms with E-state index in [9.17, 15) is 14.9 Å². The van der Waals surface area contributed by atoms with E-state index in [1.165, 1.54) is 24.9 Å². The maximum Gasteiger partial charge on any atom is 0.173 e. The highest BCUT2D eigenvalue weighted by Crippen LogP contribution is 2.41. The molecule has 2 heterocycles. The zero-order valence-electron chi connectivity index (χ0n) is 15.9. The van der Waals surface area contributed by atoms with Gasteiger partial charge in [0.15, 0.2) is 11.6 Å². The van der Waals surface area contributed by atoms with Gasteiger partial charge in [-0.1, -0.05) is 29.8 Å². The van der Waals surface area contributed by atoms with Crippen LogP contribution in [0.25, 0.3) is 0 Å². The van der Waals surface area contributed by atoms with E-state index in [1.54, 1.807) is 31.2 Å². The van der Waals surface area contributed by atoms with Gasteiger partial charge in [-0.05, 0) is 32.9 Å². The van der Waals surface area contributed by atoms with Gasteiger partial charge in [-0.2, -0.15) is 5.26 Å². The van der Waals surface area contributed by atoms with Crippen molar-refractivity contribution in [2.24, 2.45) is 10.9 Å². The summed E-state index contributed by atoms with van der Waals surface area (Å²) in [6.45, 7) is 5.19. The molecule has 3 rings (SSSR count). The second-order valence-electron chi connectivity index (χ2n) is 6.68. The number of hydrogen-bond acceptors (Lipinski definition) is 6. The number of benzene rings is 1. The molecule has 1 unspecified atom stereocenters. The normalized spacial score (nSPS) is 19.1. The molecule has 2 aromatic rings. The Labute approximate surface area is 168 Å². The number of aryl methyl sites for hydroxylation is 1. The van der Waals surface area contributed by atoms with E-state index in [2.05, 4.69) is 11.1 Å². The van der Waals surface area contributed by atoms with E-state index in [4.69, 9.17) is 4.42 Å². The van der Waals surface area contributed by atoms with Crippen molar-refractivity contribution in [2.75, 3.05) is 5.75 Å². The number of rotatable bonds is 5. The molecule has 0 amide bonds. The number of carbonyl (C=O) groups is 2. The van der Waals surface area contributed by atoms with Gasteiger partial charge < -0.3 is 4.42 Å². The zero-order chi connectivity index (χ0) is 20.3. The summed E-state index contributed by atoms with van der Waals surface area (Å²) in [6.07, 6.45) is 1.52. The van der Waals surface area contributed by atoms with Crippen molar-refractivity contribution in [3.63, 3.8) is 0 Å². The fourth-order valence-corrected chi connectivity index (χ4v) is 4.31. The highest BCUT2D eigenvalue weighted by Gasteiger charge is 2.39. The minimum atomic E-state index is -0.676. The standard InChI is InChI=1S/C22H20N2O3S/c1-13-6-8-16(9-7-13)18(26)12-28-22-17(11-23)21(19-5-4-10-27-19)20(15(3)25)14(2)24-22/h4-10,17,21H,12H2,1-3H3/t17?,21-/m1/s1. The van der Waals surface area contributed by atoms with Crippen LogP contribution in [0.3, 0.4) is 0 Å². The van der Waals surface area contributed by atoms with Crippen LogP contribution in [0.2, 0.25) is 0 Å². The molecule has 0 saturated carbocycles. The van der Waals surface area contributed by atoms with E-state index in [-0.39, 0.29) is 17.3 Å². The van der Waals surface area contributed by atoms with Crippen LogP contribution >= 0.6 is 11.8 Å². The molecule has 0 spiro atoms. The summed E-state index contributed by atoms with van der Waals surface area (Å²) >= 11 is 1.25. The van der Waals surface area contributed by atoms with Crippen LogP contribution in [-0.4, -0.2) is 22.4 Å². The molecule has 1 aliphatic heterocycles. The smallest absolute Gasteiger partial charge is 0.173 e. The lowest BCUT2D eigenvalue weighted by molar-refractivity contribution is -0.114. The third kappa shape index (κ3) is 4.00. The monoisotopic (exact) mass is 392 g/mol. The number of furan rings is 1. The van der Waals surface area contributed by atoms with Gasteiger partial charge in [0.05, 0.1) is 29.0 Å². The van der Waals surface area contributed by atoms with E-state index in [1.807, 2.05) is 19.1 Å². The number of ketones is 2. The average molecular weight is 392 g/mol. The fourth-order valence-electron chi connectivity index (χ4n) is 3.29. The number of aliphatic imine (C=N–C) groups is 1. The van der Waals surface area contributed by atoms with Gasteiger partial charge in [0.1, 0.15) is 11.7 Å². The fraction of sp³-hybridized carbons (Fsp3) is 0.273. The van der Waals surface area contributed by atoms with Crippen molar-refractivity contribution < 1.29 is 14.0 Å². The Morgan fingerprint density at radius 3 is 2.50 bits per heavy atom. The van der Waals surface area contributed by atoms with Crippen LogP contribution in [0, 0.1) is 24.2 Å². The summed E-state index contributed by atoms with van der Waals surface area (Å²) in [7, 11) is 0. The first-order chi connectivity index (χ1) is 13.4. The first-order valence-corrected chi connectivity index (χ1v) is 9.87. The van der Waals surface area contributed by atoms with Gasteiger partial charge in [0.2, 0.25) is 0 Å². The van der Waals surface area contributed by atoms with Crippen LogP contribution < -0.4 is 0 Å². The molecule has 0 fully saturated rings. The molecule has 0 N–H and O–H groups in total. The number of carbonyl (C=O) groups excluding carboxylic acids is 2. The van der Waals surface area contributed by atoms with Gasteiger partial charge >= 0.3 is 0 Å². The Bertz CT molecular complexity index is 995. The van der Waals surface area contributed by atoms with Crippen LogP contribution in [0.5, 0.6) is 0 Å². The molecule has 6 heteroatoms. The second-order valence-corrected chi connectivity index (χ2v) is 7.68. The topological polar surface area (TPSA) is 83.4 Å². The van der Waals surface area contributed by atoms with Gasteiger partial charge in [-0.25, -0.2) is 4.99 Å². The maximum atomic E-state index is 12.5. The van der Waals surface area contributed by atoms with Crippen molar-refractivity contribution in [3.8, 4) is 6.07 Å². The maximum absolute atomic E-state index is 12.5. The summed E-state index contributed by atoms with van der Waals surface area (Å²) in [4.78, 5) is 29.2. The summed E-state index contributed by atoms with van der Waals surface area (Å²) in [6, 6.07) is 13.1. The van der Waals surface area contributed by atoms with Crippen LogP contribution in [0.1, 0.15) is 41.4 Å². The lowest BCUT2D eigenvalue weighted by atomic mass is 9.80. The number of nitrogens with zero attached hydrogens (tertiary/aromatic N) is 2. The van der Waals surface area contributed by atoms with Gasteiger partial charge in [-0.3, -0.25) is 9.59 Å². The van der Waals surface area contributed by atoms with Crippen LogP contribution in [0.15, 0.2) is 63.3 Å². The Kier molecular flexibility index (Phi) is 5.96. The van der Waals surface area contributed by atoms with E-state index in [0.717, 1.165) is 5.56 Å². The van der Waals surface area contributed by atoms with Crippen molar-refractivity contribution in [1.82, 2.24) is 0 Å². The Morgan fingerprint density at radius 2 is 1.93 bits per heavy atom. The highest BCUT2D eigenvalue weighted by molar-refractivity contribution is 8.14. The Morgan fingerprint density at radius 1 is 1.21 bits per heavy atom. The number of hydrogen-bond donors (Lipinski definition) is 0. The molecular formula is C22H20N2O3S. The first-order valence-electron chi connectivity index (χ1n) is 8.88. The molecule has 1 aliphatic rings. The molecule has 0 aliphatic carbocycles. The third-order valence-corrected chi connectivity index (χ3v) is 5.72. The van der Waals surface area contributed by atoms with Gasteiger partial charge in [-0.15, -0.1) is 11.8 Å². The molecule has 0 bridgehead atoms. The van der Waals surface area contributed by atoms with Crippen molar-refractivity contribution >= 4 is 28.4 Å². The largest absolute Gasteiger partial charge is 0.469 e. The molecule has 28 heavy (non-hydrogen) atoms. The summed E-state index contributed by atoms with van der Waals surface area (Å²) < 4.78 is 5.52. The van der Waals surface area contributed by atoms with Crippen molar-refractivity contribution in [2.45, 2.75) is 26.7 Å². The first kappa shape index (κ1) is 19.8. The van der Waals surface area contributed by atoms with Crippen LogP contribution in [-0.2, 0) is 4.79 Å². The average Bonchev–Trinajstić information content (AvgIpc) is 3.20. The number of nitriles is 1. The summed E-state index contributed by atoms with van der Waals surface area (Å²) in [5.74, 6) is -0.640. The Balaban J connectivity index is 1.88. The molecular weight excluding hydrogens is 372 g/mol. The molecule has 1 aromatic carbocycles. The molecule has 0 radical (unpaired) electrons. The lowest BCUT2D eigenvalue weighted by Gasteiger charge is -2.27. The predicted octanol–water partition coefficient (Wildman–Crippen LogP) is 4.70. The molecule has 5 nitrogen and oxygen atoms in total. The minimum Gasteiger partial charge on any atom is -0.469 e. The molecule has 0 saturated heterocycles. The molecule has 2 atom stereocenters. The van der Waals surface area contributed by atoms with E-state index in [0.29, 0.717) is 27.6 Å². The third-order valence-electron chi connectivity index (χ3n) is 4.67. The zero-order valence-corrected chi connectivity index (χ0v) is 16.7. The number of thioether (sulfide) groups is 1. The van der Waals surface area contributed by atoms with E-state index >= 15 is 0 Å².